The maximum absolute atomic E-state index is 15.1. The summed E-state index contributed by atoms with van der Waals surface area (Å²) in [5, 5.41) is 29.3. The number of nitrogens with zero attached hydrogens (tertiary/aromatic N) is 2. The van der Waals surface area contributed by atoms with Gasteiger partial charge in [-0.15, -0.1) is 11.8 Å². The first-order valence-electron chi connectivity index (χ1n) is 19.9. The number of unbranched alkanes of at least 4 members (excludes halogenated alkanes) is 1. The molecule has 2 aromatic carbocycles. The van der Waals surface area contributed by atoms with Crippen LogP contribution in [0.1, 0.15) is 70.7 Å². The van der Waals surface area contributed by atoms with Gasteiger partial charge in [0.05, 0.1) is 11.8 Å². The molecular weight excluding hydrogens is 917 g/mol. The topological polar surface area (TPSA) is 247 Å². The number of nitrogens with two attached hydrogens (primary N) is 2. The zero-order valence-corrected chi connectivity index (χ0v) is 37.2. The molecule has 3 aromatic rings. The highest BCUT2D eigenvalue weighted by molar-refractivity contribution is 8.00. The summed E-state index contributed by atoms with van der Waals surface area (Å²) in [6, 6.07) is 12.0. The van der Waals surface area contributed by atoms with Crippen LogP contribution in [0.5, 0.6) is 0 Å². The number of amides is 3. The van der Waals surface area contributed by atoms with Crippen molar-refractivity contribution in [3.63, 3.8) is 0 Å². The van der Waals surface area contributed by atoms with E-state index in [4.69, 9.17) is 31.3 Å². The lowest BCUT2D eigenvalue weighted by molar-refractivity contribution is -0.193. The van der Waals surface area contributed by atoms with Crippen LogP contribution in [0, 0.1) is 17.0 Å². The Bertz CT molecular complexity index is 2040. The molecule has 0 aliphatic heterocycles. The van der Waals surface area contributed by atoms with Crippen LogP contribution in [-0.4, -0.2) is 116 Å². The first-order valence-corrected chi connectivity index (χ1v) is 21.1. The summed E-state index contributed by atoms with van der Waals surface area (Å²) < 4.78 is 94.8. The minimum absolute atomic E-state index is 0.0954. The molecule has 0 unspecified atom stereocenters. The largest absolute Gasteiger partial charge is 0.490 e. The number of carbonyl (C=O) groups excluding carboxylic acids is 3. The first-order chi connectivity index (χ1) is 30.5. The third-order valence-corrected chi connectivity index (χ3v) is 9.97. The van der Waals surface area contributed by atoms with Crippen LogP contribution in [0.15, 0.2) is 60.8 Å². The first kappa shape index (κ1) is 58.3. The van der Waals surface area contributed by atoms with E-state index in [0.29, 0.717) is 56.6 Å². The highest BCUT2D eigenvalue weighted by Gasteiger charge is 2.39. The fourth-order valence-corrected chi connectivity index (χ4v) is 6.99. The van der Waals surface area contributed by atoms with Crippen molar-refractivity contribution >= 4 is 47.4 Å². The molecule has 15 nitrogen and oxygen atoms in total. The van der Waals surface area contributed by atoms with E-state index >= 15 is 4.39 Å². The number of hydrogen-bond acceptors (Lipinski definition) is 9. The standard InChI is InChI=1S/C38H52F2N6O5S.2C2HF3O2/c1-25(47)43-31(13-8-9-16-41)36(49)44-32(37(50)51)23-52-24-34(48)46(18-10-17-42)35(38(2,3)4)33-19-27(29-20-28(39)14-15-30(29)40)22-45(33)21-26-11-6-5-7-12-26;2*3-2(4,5)1(6)7/h5-7,11-12,14-15,19-20,22,31-32,35H,8-10,13,16-18,21,23-24,41-42H2,1-4H3,(H,43,47)(H,44,49)(H,50,51);2*(H,6,7)/t31-,32-,35-;;/m0../s1. The molecule has 0 saturated carbocycles. The number of carboxylic acids is 3. The van der Waals surface area contributed by atoms with Gasteiger partial charge >= 0.3 is 30.3 Å². The van der Waals surface area contributed by atoms with Gasteiger partial charge in [-0.3, -0.25) is 14.4 Å². The number of hydrogen-bond donors (Lipinski definition) is 7. The quantitative estimate of drug-likeness (QED) is 0.0513. The van der Waals surface area contributed by atoms with Crippen molar-refractivity contribution in [1.82, 2.24) is 20.1 Å². The van der Waals surface area contributed by atoms with Crippen molar-refractivity contribution in [2.45, 2.75) is 90.4 Å². The molecule has 0 spiro atoms. The van der Waals surface area contributed by atoms with E-state index in [0.717, 1.165) is 35.5 Å². The van der Waals surface area contributed by atoms with E-state index in [1.54, 1.807) is 17.2 Å². The lowest BCUT2D eigenvalue weighted by Gasteiger charge is -2.41. The lowest BCUT2D eigenvalue weighted by Crippen LogP contribution is -2.52. The number of aromatic nitrogens is 1. The second-order valence-electron chi connectivity index (χ2n) is 15.4. The fraction of sp³-hybridized carbons (Fsp3) is 0.476. The Morgan fingerprint density at radius 3 is 1.83 bits per heavy atom. The zero-order valence-electron chi connectivity index (χ0n) is 36.3. The van der Waals surface area contributed by atoms with E-state index in [1.165, 1.54) is 6.92 Å². The Kier molecular flexibility index (Phi) is 23.9. The number of nitrogens with one attached hydrogen (secondary N) is 2. The van der Waals surface area contributed by atoms with Gasteiger partial charge in [0, 0.05) is 48.8 Å². The van der Waals surface area contributed by atoms with Crippen LogP contribution in [0.3, 0.4) is 0 Å². The zero-order chi connectivity index (χ0) is 50.6. The highest BCUT2D eigenvalue weighted by atomic mass is 32.2. The molecule has 0 radical (unpaired) electrons. The molecule has 0 fully saturated rings. The van der Waals surface area contributed by atoms with Crippen LogP contribution < -0.4 is 22.1 Å². The second kappa shape index (κ2) is 27.0. The SMILES string of the molecule is CC(=O)N[C@@H](CCCCN)C(=O)N[C@@H](CSCC(=O)N(CCCN)[C@@H](c1cc(-c2cc(F)ccc2F)cn1Cc1ccccc1)C(C)(C)C)C(=O)O.O=C(O)C(F)(F)F.O=C(O)C(F)(F)F. The van der Waals surface area contributed by atoms with Crippen molar-refractivity contribution in [1.29, 1.82) is 0 Å². The molecule has 66 heavy (non-hydrogen) atoms. The van der Waals surface area contributed by atoms with Gasteiger partial charge in [-0.1, -0.05) is 51.1 Å². The maximum atomic E-state index is 15.1. The van der Waals surface area contributed by atoms with Gasteiger partial charge in [-0.25, -0.2) is 23.2 Å². The molecule has 3 atom stereocenters. The number of carbonyl (C=O) groups is 6. The minimum Gasteiger partial charge on any atom is -0.480 e. The molecule has 0 saturated heterocycles. The fourth-order valence-electron chi connectivity index (χ4n) is 6.07. The highest BCUT2D eigenvalue weighted by Crippen LogP contribution is 2.41. The predicted molar refractivity (Wildman–Crippen MR) is 228 cm³/mol. The third-order valence-electron chi connectivity index (χ3n) is 8.95. The summed E-state index contributed by atoms with van der Waals surface area (Å²) in [5.41, 5.74) is 13.1. The summed E-state index contributed by atoms with van der Waals surface area (Å²) >= 11 is 1.06. The van der Waals surface area contributed by atoms with Gasteiger partial charge in [-0.05, 0) is 74.0 Å². The molecule has 0 bridgehead atoms. The Labute approximate surface area is 379 Å². The molecule has 1 aromatic heterocycles. The monoisotopic (exact) mass is 970 g/mol. The number of alkyl halides is 6. The number of aliphatic carboxylic acids is 3. The van der Waals surface area contributed by atoms with Crippen LogP contribution in [0.25, 0.3) is 11.1 Å². The Hall–Kier alpha value is -5.75. The smallest absolute Gasteiger partial charge is 0.480 e. The van der Waals surface area contributed by atoms with Crippen molar-refractivity contribution < 1.29 is 79.2 Å². The van der Waals surface area contributed by atoms with Crippen molar-refractivity contribution in [2.75, 3.05) is 31.1 Å². The molecule has 3 rings (SSSR count). The number of thioether (sulfide) groups is 1. The maximum Gasteiger partial charge on any atom is 0.490 e. The molecule has 3 amide bonds. The van der Waals surface area contributed by atoms with E-state index in [1.807, 2.05) is 55.7 Å². The van der Waals surface area contributed by atoms with Gasteiger partial charge in [0.2, 0.25) is 17.7 Å². The van der Waals surface area contributed by atoms with Gasteiger partial charge in [0.25, 0.3) is 0 Å². The van der Waals surface area contributed by atoms with Crippen molar-refractivity contribution in [3.05, 3.63) is 83.7 Å². The van der Waals surface area contributed by atoms with Crippen molar-refractivity contribution in [2.24, 2.45) is 16.9 Å². The van der Waals surface area contributed by atoms with Gasteiger partial charge in [0.1, 0.15) is 23.7 Å². The Balaban J connectivity index is 0.00000134. The Morgan fingerprint density at radius 2 is 1.35 bits per heavy atom. The summed E-state index contributed by atoms with van der Waals surface area (Å²) in [4.78, 5) is 70.6. The third kappa shape index (κ3) is 20.6. The van der Waals surface area contributed by atoms with Crippen molar-refractivity contribution in [3.8, 4) is 11.1 Å². The summed E-state index contributed by atoms with van der Waals surface area (Å²) in [7, 11) is 0. The second-order valence-corrected chi connectivity index (χ2v) is 16.5. The summed E-state index contributed by atoms with van der Waals surface area (Å²) in [6.07, 6.45) is -6.42. The normalized spacial score (nSPS) is 12.8. The molecule has 24 heteroatoms. The van der Waals surface area contributed by atoms with Crippen LogP contribution in [0.4, 0.5) is 35.1 Å². The van der Waals surface area contributed by atoms with Gasteiger partial charge < -0.3 is 46.9 Å². The molecular formula is C42H54F8N6O9S. The van der Waals surface area contributed by atoms with Crippen LogP contribution in [-0.2, 0) is 35.3 Å². The molecule has 0 aliphatic carbocycles. The van der Waals surface area contributed by atoms with Gasteiger partial charge in [0.15, 0.2) is 0 Å². The number of halogens is 8. The van der Waals surface area contributed by atoms with E-state index in [-0.39, 0.29) is 29.5 Å². The molecule has 0 aliphatic rings. The van der Waals surface area contributed by atoms with E-state index in [2.05, 4.69) is 10.6 Å². The lowest BCUT2D eigenvalue weighted by atomic mass is 9.83. The number of carboxylic acid groups (broad SMARTS) is 3. The molecule has 1 heterocycles. The predicted octanol–water partition coefficient (Wildman–Crippen LogP) is 5.95. The minimum atomic E-state index is -5.08. The average Bonchev–Trinajstić information content (AvgIpc) is 3.60. The van der Waals surface area contributed by atoms with Crippen LogP contribution >= 0.6 is 11.8 Å². The van der Waals surface area contributed by atoms with E-state index < -0.39 is 77.2 Å². The number of benzene rings is 2. The van der Waals surface area contributed by atoms with Gasteiger partial charge in [-0.2, -0.15) is 26.3 Å². The average molecular weight is 971 g/mol. The summed E-state index contributed by atoms with van der Waals surface area (Å²) in [5.74, 6) is -9.50. The summed E-state index contributed by atoms with van der Waals surface area (Å²) in [6.45, 7) is 8.67. The molecule has 368 valence electrons. The number of rotatable bonds is 20. The molecule has 9 N–H and O–H groups in total. The van der Waals surface area contributed by atoms with Crippen LogP contribution in [0.2, 0.25) is 0 Å². The van der Waals surface area contributed by atoms with E-state index in [9.17, 15) is 55.0 Å². The Morgan fingerprint density at radius 1 is 0.788 bits per heavy atom.